The molecule has 1 fully saturated rings. The van der Waals surface area contributed by atoms with Gasteiger partial charge < -0.3 is 10.4 Å². The van der Waals surface area contributed by atoms with Crippen LogP contribution < -0.4 is 5.32 Å². The Morgan fingerprint density at radius 3 is 2.42 bits per heavy atom. The van der Waals surface area contributed by atoms with Gasteiger partial charge in [-0.2, -0.15) is 17.0 Å². The zero-order valence-electron chi connectivity index (χ0n) is 11.0. The minimum Gasteiger partial charge on any atom is -0.481 e. The average molecular weight is 284 g/mol. The van der Waals surface area contributed by atoms with Crippen molar-refractivity contribution >= 4 is 23.6 Å². The lowest BCUT2D eigenvalue weighted by molar-refractivity contribution is -0.136. The Morgan fingerprint density at radius 2 is 1.89 bits per heavy atom. The molecule has 5 nitrogen and oxygen atoms in total. The molecule has 0 spiro atoms. The number of amides is 1. The molecule has 0 saturated heterocycles. The number of hydrogen-bond donors (Lipinski definition) is 2. The Hall–Kier alpha value is -1.22. The number of carbonyl (C=O) groups excluding carboxylic acids is 1. The SMILES string of the molecule is N#CC1(NC(=O)CSCCC(=O)O)CCCCCC1. The maximum absolute atomic E-state index is 11.8. The van der Waals surface area contributed by atoms with Crippen molar-refractivity contribution in [2.75, 3.05) is 11.5 Å². The first-order chi connectivity index (χ1) is 9.08. The molecule has 0 bridgehead atoms. The Labute approximate surface area is 117 Å². The number of nitrogens with zero attached hydrogens (tertiary/aromatic N) is 1. The van der Waals surface area contributed by atoms with Crippen LogP contribution in [-0.4, -0.2) is 34.0 Å². The van der Waals surface area contributed by atoms with Crippen LogP contribution in [0.3, 0.4) is 0 Å². The zero-order chi connectivity index (χ0) is 14.1. The number of rotatable bonds is 6. The van der Waals surface area contributed by atoms with Gasteiger partial charge in [-0.15, -0.1) is 0 Å². The third-order valence-corrected chi connectivity index (χ3v) is 4.20. The summed E-state index contributed by atoms with van der Waals surface area (Å²) in [6, 6.07) is 2.26. The van der Waals surface area contributed by atoms with E-state index in [4.69, 9.17) is 5.11 Å². The fourth-order valence-corrected chi connectivity index (χ4v) is 2.95. The molecule has 0 unspecified atom stereocenters. The van der Waals surface area contributed by atoms with Gasteiger partial charge in [0.2, 0.25) is 5.91 Å². The van der Waals surface area contributed by atoms with E-state index >= 15 is 0 Å². The molecule has 1 saturated carbocycles. The second kappa shape index (κ2) is 8.05. The van der Waals surface area contributed by atoms with Crippen LogP contribution in [0.25, 0.3) is 0 Å². The minimum atomic E-state index is -0.856. The summed E-state index contributed by atoms with van der Waals surface area (Å²) in [5, 5.41) is 20.6. The predicted molar refractivity (Wildman–Crippen MR) is 73.8 cm³/mol. The highest BCUT2D eigenvalue weighted by Crippen LogP contribution is 2.26. The van der Waals surface area contributed by atoms with Crippen molar-refractivity contribution in [2.24, 2.45) is 0 Å². The molecular weight excluding hydrogens is 264 g/mol. The topological polar surface area (TPSA) is 90.2 Å². The Kier molecular flexibility index (Phi) is 6.71. The highest BCUT2D eigenvalue weighted by atomic mass is 32.2. The van der Waals surface area contributed by atoms with Crippen molar-refractivity contribution in [1.82, 2.24) is 5.32 Å². The van der Waals surface area contributed by atoms with E-state index in [0.29, 0.717) is 5.75 Å². The highest BCUT2D eigenvalue weighted by Gasteiger charge is 2.32. The Bertz CT molecular complexity index is 357. The first-order valence-corrected chi connectivity index (χ1v) is 7.75. The van der Waals surface area contributed by atoms with Crippen LogP contribution in [0.5, 0.6) is 0 Å². The van der Waals surface area contributed by atoms with Gasteiger partial charge in [-0.25, -0.2) is 0 Å². The van der Waals surface area contributed by atoms with Crippen molar-refractivity contribution in [3.63, 3.8) is 0 Å². The molecule has 2 N–H and O–H groups in total. The molecule has 1 aliphatic carbocycles. The van der Waals surface area contributed by atoms with Crippen molar-refractivity contribution in [3.05, 3.63) is 0 Å². The van der Waals surface area contributed by atoms with Gasteiger partial charge >= 0.3 is 5.97 Å². The van der Waals surface area contributed by atoms with Crippen LogP contribution in [0.15, 0.2) is 0 Å². The summed E-state index contributed by atoms with van der Waals surface area (Å²) in [4.78, 5) is 22.1. The number of hydrogen-bond acceptors (Lipinski definition) is 4. The van der Waals surface area contributed by atoms with Crippen LogP contribution in [0.4, 0.5) is 0 Å². The molecular formula is C13H20N2O3S. The first-order valence-electron chi connectivity index (χ1n) is 6.60. The summed E-state index contributed by atoms with van der Waals surface area (Å²) in [6.07, 6.45) is 5.67. The van der Waals surface area contributed by atoms with Gasteiger partial charge in [0.05, 0.1) is 18.2 Å². The van der Waals surface area contributed by atoms with Gasteiger partial charge in [0.15, 0.2) is 0 Å². The lowest BCUT2D eigenvalue weighted by atomic mass is 9.92. The maximum atomic E-state index is 11.8. The lowest BCUT2D eigenvalue weighted by Crippen LogP contribution is -2.47. The smallest absolute Gasteiger partial charge is 0.304 e. The van der Waals surface area contributed by atoms with Gasteiger partial charge in [-0.3, -0.25) is 9.59 Å². The van der Waals surface area contributed by atoms with Gasteiger partial charge in [0.1, 0.15) is 5.54 Å². The number of nitrogens with one attached hydrogen (secondary N) is 1. The summed E-state index contributed by atoms with van der Waals surface area (Å²) in [6.45, 7) is 0. The zero-order valence-corrected chi connectivity index (χ0v) is 11.8. The summed E-state index contributed by atoms with van der Waals surface area (Å²) >= 11 is 1.29. The van der Waals surface area contributed by atoms with Gasteiger partial charge in [-0.05, 0) is 12.8 Å². The monoisotopic (exact) mass is 284 g/mol. The van der Waals surface area contributed by atoms with Gasteiger partial charge in [0.25, 0.3) is 0 Å². The normalized spacial score (nSPS) is 18.1. The maximum Gasteiger partial charge on any atom is 0.304 e. The fourth-order valence-electron chi connectivity index (χ4n) is 2.22. The molecule has 1 aliphatic rings. The van der Waals surface area contributed by atoms with Crippen LogP contribution >= 0.6 is 11.8 Å². The van der Waals surface area contributed by atoms with Crippen molar-refractivity contribution in [1.29, 1.82) is 5.26 Å². The molecule has 0 aromatic heterocycles. The molecule has 106 valence electrons. The van der Waals surface area contributed by atoms with E-state index in [9.17, 15) is 14.9 Å². The Morgan fingerprint density at radius 1 is 1.26 bits per heavy atom. The standard InChI is InChI=1S/C13H20N2O3S/c14-10-13(6-3-1-2-4-7-13)15-11(16)9-19-8-5-12(17)18/h1-9H2,(H,15,16)(H,17,18). The third-order valence-electron chi connectivity index (χ3n) is 3.24. The number of nitriles is 1. The molecule has 0 aliphatic heterocycles. The average Bonchev–Trinajstić information content (AvgIpc) is 2.61. The number of carboxylic acid groups (broad SMARTS) is 1. The molecule has 6 heteroatoms. The second-order valence-electron chi connectivity index (χ2n) is 4.85. The number of carbonyl (C=O) groups is 2. The van der Waals surface area contributed by atoms with Crippen LogP contribution in [0.2, 0.25) is 0 Å². The van der Waals surface area contributed by atoms with E-state index in [-0.39, 0.29) is 18.1 Å². The number of carboxylic acids is 1. The molecule has 1 rings (SSSR count). The van der Waals surface area contributed by atoms with Crippen molar-refractivity contribution in [2.45, 2.75) is 50.5 Å². The molecule has 0 aromatic rings. The highest BCUT2D eigenvalue weighted by molar-refractivity contribution is 7.99. The minimum absolute atomic E-state index is 0.0569. The van der Waals surface area contributed by atoms with Crippen molar-refractivity contribution < 1.29 is 14.7 Å². The summed E-state index contributed by atoms with van der Waals surface area (Å²) in [7, 11) is 0. The molecule has 0 atom stereocenters. The van der Waals surface area contributed by atoms with Gasteiger partial charge in [0, 0.05) is 5.75 Å². The van der Waals surface area contributed by atoms with E-state index in [0.717, 1.165) is 38.5 Å². The number of aliphatic carboxylic acids is 1. The molecule has 19 heavy (non-hydrogen) atoms. The summed E-state index contributed by atoms with van der Waals surface area (Å²) in [5.41, 5.74) is -0.707. The fraction of sp³-hybridized carbons (Fsp3) is 0.769. The van der Waals surface area contributed by atoms with Crippen molar-refractivity contribution in [3.8, 4) is 6.07 Å². The molecule has 0 aromatic carbocycles. The van der Waals surface area contributed by atoms with E-state index in [1.165, 1.54) is 11.8 Å². The first kappa shape index (κ1) is 15.8. The second-order valence-corrected chi connectivity index (χ2v) is 5.96. The van der Waals surface area contributed by atoms with Crippen LogP contribution in [0.1, 0.15) is 44.9 Å². The van der Waals surface area contributed by atoms with E-state index in [2.05, 4.69) is 11.4 Å². The van der Waals surface area contributed by atoms with E-state index in [1.54, 1.807) is 0 Å². The largest absolute Gasteiger partial charge is 0.481 e. The summed E-state index contributed by atoms with van der Waals surface area (Å²) in [5.74, 6) is -0.386. The van der Waals surface area contributed by atoms with Gasteiger partial charge in [-0.1, -0.05) is 25.7 Å². The Balaban J connectivity index is 2.36. The molecule has 0 heterocycles. The molecule has 1 amide bonds. The van der Waals surface area contributed by atoms with Crippen LogP contribution in [-0.2, 0) is 9.59 Å². The summed E-state index contributed by atoms with van der Waals surface area (Å²) < 4.78 is 0. The van der Waals surface area contributed by atoms with E-state index < -0.39 is 11.5 Å². The molecule has 0 radical (unpaired) electrons. The lowest BCUT2D eigenvalue weighted by Gasteiger charge is -2.26. The van der Waals surface area contributed by atoms with Crippen LogP contribution in [0, 0.1) is 11.3 Å². The predicted octanol–water partition coefficient (Wildman–Crippen LogP) is 1.93. The third kappa shape index (κ3) is 5.97. The van der Waals surface area contributed by atoms with E-state index in [1.807, 2.05) is 0 Å². The number of thioether (sulfide) groups is 1. The quantitative estimate of drug-likeness (QED) is 0.574.